The largest absolute Gasteiger partial charge is 0.335 e. The molecule has 2 rings (SSSR count). The van der Waals surface area contributed by atoms with Gasteiger partial charge in [-0.1, -0.05) is 17.8 Å². The number of hydrogen-bond donors (Lipinski definition) is 1. The Morgan fingerprint density at radius 3 is 2.95 bits per heavy atom. The Morgan fingerprint density at radius 2 is 2.26 bits per heavy atom. The average molecular weight is 279 g/mol. The highest BCUT2D eigenvalue weighted by Gasteiger charge is 2.19. The van der Waals surface area contributed by atoms with E-state index in [0.29, 0.717) is 0 Å². The van der Waals surface area contributed by atoms with Crippen LogP contribution in [0.5, 0.6) is 0 Å². The molecule has 0 aliphatic carbocycles. The molecule has 0 spiro atoms. The van der Waals surface area contributed by atoms with Crippen LogP contribution >= 0.6 is 11.5 Å². The normalized spacial score (nSPS) is 12.8. The predicted octanol–water partition coefficient (Wildman–Crippen LogP) is 2.21. The molecule has 0 aromatic carbocycles. The zero-order valence-electron chi connectivity index (χ0n) is 11.8. The third-order valence-electron chi connectivity index (χ3n) is 3.27. The smallest absolute Gasteiger partial charge is 0.110 e. The molecular weight excluding hydrogens is 258 g/mol. The molecule has 0 radical (unpaired) electrons. The monoisotopic (exact) mass is 279 g/mol. The van der Waals surface area contributed by atoms with Gasteiger partial charge in [0.1, 0.15) is 5.82 Å². The number of nitrogens with zero attached hydrogens (tertiary/aromatic N) is 4. The maximum absolute atomic E-state index is 4.45. The van der Waals surface area contributed by atoms with Crippen molar-refractivity contribution in [2.75, 3.05) is 7.05 Å². The van der Waals surface area contributed by atoms with Crippen molar-refractivity contribution in [1.29, 1.82) is 0 Å². The van der Waals surface area contributed by atoms with Gasteiger partial charge in [-0.25, -0.2) is 4.98 Å². The van der Waals surface area contributed by atoms with E-state index < -0.39 is 0 Å². The van der Waals surface area contributed by atoms with Crippen molar-refractivity contribution in [3.63, 3.8) is 0 Å². The highest BCUT2D eigenvalue weighted by molar-refractivity contribution is 7.05. The molecular formula is C13H21N5S. The fourth-order valence-electron chi connectivity index (χ4n) is 2.22. The second-order valence-corrected chi connectivity index (χ2v) is 5.29. The fraction of sp³-hybridized carbons (Fsp3) is 0.615. The van der Waals surface area contributed by atoms with Crippen LogP contribution in [0, 0.1) is 0 Å². The number of aromatic nitrogens is 4. The highest BCUT2D eigenvalue weighted by atomic mass is 32.1. The molecule has 104 valence electrons. The van der Waals surface area contributed by atoms with Crippen LogP contribution in [-0.2, 0) is 19.4 Å². The molecule has 6 heteroatoms. The van der Waals surface area contributed by atoms with Gasteiger partial charge in [-0.15, -0.1) is 5.10 Å². The maximum atomic E-state index is 4.45. The van der Waals surface area contributed by atoms with E-state index in [1.165, 1.54) is 16.4 Å². The summed E-state index contributed by atoms with van der Waals surface area (Å²) in [5.74, 6) is 1.11. The third kappa shape index (κ3) is 3.19. The number of likely N-dealkylation sites (N-methyl/N-ethyl adjacent to an activating group) is 1. The molecule has 0 bridgehead atoms. The van der Waals surface area contributed by atoms with Crippen molar-refractivity contribution in [1.82, 2.24) is 24.5 Å². The van der Waals surface area contributed by atoms with Crippen molar-refractivity contribution in [3.8, 4) is 0 Å². The molecule has 0 saturated heterocycles. The van der Waals surface area contributed by atoms with Gasteiger partial charge in [0.25, 0.3) is 0 Å². The van der Waals surface area contributed by atoms with E-state index >= 15 is 0 Å². The first-order valence-electron chi connectivity index (χ1n) is 6.78. The van der Waals surface area contributed by atoms with Gasteiger partial charge in [0.15, 0.2) is 0 Å². The van der Waals surface area contributed by atoms with Crippen molar-refractivity contribution >= 4 is 11.5 Å². The molecule has 0 saturated carbocycles. The fourth-order valence-corrected chi connectivity index (χ4v) is 3.02. The summed E-state index contributed by atoms with van der Waals surface area (Å²) in [5.41, 5.74) is 1.13. The number of aryl methyl sites for hydroxylation is 2. The Labute approximate surface area is 118 Å². The van der Waals surface area contributed by atoms with Crippen molar-refractivity contribution in [2.45, 2.75) is 45.7 Å². The number of imidazole rings is 1. The average Bonchev–Trinajstić information content (AvgIpc) is 3.05. The van der Waals surface area contributed by atoms with E-state index in [-0.39, 0.29) is 6.04 Å². The summed E-state index contributed by atoms with van der Waals surface area (Å²) in [6.07, 6.45) is 6.85. The van der Waals surface area contributed by atoms with Crippen LogP contribution in [0.25, 0.3) is 0 Å². The van der Waals surface area contributed by atoms with Crippen LogP contribution in [0.1, 0.15) is 42.7 Å². The molecule has 2 aromatic heterocycles. The SMILES string of the molecule is CCCc1nnsc1C(Cc1nccn1CC)NC. The lowest BCUT2D eigenvalue weighted by molar-refractivity contribution is 0.555. The first-order chi connectivity index (χ1) is 9.30. The number of nitrogens with one attached hydrogen (secondary N) is 1. The molecule has 1 N–H and O–H groups in total. The lowest BCUT2D eigenvalue weighted by atomic mass is 10.1. The molecule has 2 heterocycles. The van der Waals surface area contributed by atoms with Gasteiger partial charge in [-0.05, 0) is 31.9 Å². The summed E-state index contributed by atoms with van der Waals surface area (Å²) in [5, 5.41) is 7.62. The summed E-state index contributed by atoms with van der Waals surface area (Å²) >= 11 is 1.50. The summed E-state index contributed by atoms with van der Waals surface area (Å²) in [4.78, 5) is 5.69. The Bertz CT molecular complexity index is 505. The van der Waals surface area contributed by atoms with Crippen molar-refractivity contribution < 1.29 is 0 Å². The zero-order chi connectivity index (χ0) is 13.7. The van der Waals surface area contributed by atoms with Crippen LogP contribution in [0.4, 0.5) is 0 Å². The summed E-state index contributed by atoms with van der Waals surface area (Å²) in [7, 11) is 1.99. The van der Waals surface area contributed by atoms with Gasteiger partial charge in [-0.2, -0.15) is 0 Å². The lowest BCUT2D eigenvalue weighted by Crippen LogP contribution is -2.21. The van der Waals surface area contributed by atoms with Gasteiger partial charge in [0.05, 0.1) is 16.6 Å². The van der Waals surface area contributed by atoms with Crippen LogP contribution < -0.4 is 5.32 Å². The number of hydrogen-bond acceptors (Lipinski definition) is 5. The third-order valence-corrected chi connectivity index (χ3v) is 4.15. The molecule has 5 nitrogen and oxygen atoms in total. The van der Waals surface area contributed by atoms with E-state index in [2.05, 4.69) is 38.3 Å². The molecule has 0 aliphatic rings. The highest BCUT2D eigenvalue weighted by Crippen LogP contribution is 2.24. The molecule has 1 unspecified atom stereocenters. The molecule has 2 aromatic rings. The van der Waals surface area contributed by atoms with Crippen molar-refractivity contribution in [3.05, 3.63) is 28.8 Å². The van der Waals surface area contributed by atoms with E-state index in [9.17, 15) is 0 Å². The quantitative estimate of drug-likeness (QED) is 0.844. The van der Waals surface area contributed by atoms with Gasteiger partial charge in [0, 0.05) is 25.4 Å². The molecule has 19 heavy (non-hydrogen) atoms. The van der Waals surface area contributed by atoms with Gasteiger partial charge < -0.3 is 9.88 Å². The summed E-state index contributed by atoms with van der Waals surface area (Å²) in [6, 6.07) is 0.245. The summed E-state index contributed by atoms with van der Waals surface area (Å²) < 4.78 is 6.28. The lowest BCUT2D eigenvalue weighted by Gasteiger charge is -2.15. The molecule has 0 aliphatic heterocycles. The first-order valence-corrected chi connectivity index (χ1v) is 7.55. The van der Waals surface area contributed by atoms with Gasteiger partial charge in [0.2, 0.25) is 0 Å². The van der Waals surface area contributed by atoms with Crippen molar-refractivity contribution in [2.24, 2.45) is 0 Å². The minimum Gasteiger partial charge on any atom is -0.335 e. The first kappa shape index (κ1) is 14.1. The van der Waals surface area contributed by atoms with Crippen LogP contribution in [0.15, 0.2) is 12.4 Å². The van der Waals surface area contributed by atoms with Gasteiger partial charge >= 0.3 is 0 Å². The maximum Gasteiger partial charge on any atom is 0.110 e. The van der Waals surface area contributed by atoms with Gasteiger partial charge in [-0.3, -0.25) is 0 Å². The standard InChI is InChI=1S/C13H21N5S/c1-4-6-10-13(19-17-16-10)11(14-3)9-12-15-7-8-18(12)5-2/h7-8,11,14H,4-6,9H2,1-3H3. The van der Waals surface area contributed by atoms with Crippen LogP contribution in [-0.4, -0.2) is 26.2 Å². The molecule has 0 amide bonds. The van der Waals surface area contributed by atoms with E-state index in [1.54, 1.807) is 0 Å². The minimum absolute atomic E-state index is 0.245. The van der Waals surface area contributed by atoms with E-state index in [0.717, 1.165) is 37.3 Å². The summed E-state index contributed by atoms with van der Waals surface area (Å²) in [6.45, 7) is 5.26. The van der Waals surface area contributed by atoms with E-state index in [1.807, 2.05) is 19.4 Å². The van der Waals surface area contributed by atoms with Crippen LogP contribution in [0.2, 0.25) is 0 Å². The Hall–Kier alpha value is -1.27. The Kier molecular flexibility index (Phi) is 5.04. The minimum atomic E-state index is 0.245. The van der Waals surface area contributed by atoms with E-state index in [4.69, 9.17) is 0 Å². The molecule has 0 fully saturated rings. The second kappa shape index (κ2) is 6.77. The zero-order valence-corrected chi connectivity index (χ0v) is 12.6. The van der Waals surface area contributed by atoms with Crippen LogP contribution in [0.3, 0.4) is 0 Å². The number of rotatable bonds is 7. The topological polar surface area (TPSA) is 55.6 Å². The Morgan fingerprint density at radius 1 is 1.42 bits per heavy atom. The second-order valence-electron chi connectivity index (χ2n) is 4.51. The Balaban J connectivity index is 2.18. The predicted molar refractivity (Wildman–Crippen MR) is 77.3 cm³/mol. The molecule has 1 atom stereocenters.